The molecule has 4 saturated carbocycles. The number of aliphatic hydroxyl groups is 1. The number of amides is 1. The molecule has 0 unspecified atom stereocenters. The fourth-order valence-corrected chi connectivity index (χ4v) is 8.73. The number of rotatable bonds is 3. The highest BCUT2D eigenvalue weighted by atomic mass is 16.6. The van der Waals surface area contributed by atoms with Gasteiger partial charge in [0.15, 0.2) is 0 Å². The van der Waals surface area contributed by atoms with Gasteiger partial charge in [0.2, 0.25) is 0 Å². The number of hydrogen-bond acceptors (Lipinski definition) is 5. The van der Waals surface area contributed by atoms with E-state index in [9.17, 15) is 14.7 Å². The minimum absolute atomic E-state index is 0.00622. The minimum atomic E-state index is -0.681. The number of alkyl carbamates (subject to hydrolysis) is 1. The Labute approximate surface area is 196 Å². The lowest BCUT2D eigenvalue weighted by Crippen LogP contribution is -2.62. The second kappa shape index (κ2) is 8.14. The predicted octanol–water partition coefficient (Wildman–Crippen LogP) is 5.00. The number of ether oxygens (including phenoxy) is 1. The van der Waals surface area contributed by atoms with Crippen molar-refractivity contribution in [3.05, 3.63) is 34.4 Å². The summed E-state index contributed by atoms with van der Waals surface area (Å²) in [7, 11) is 0. The van der Waals surface area contributed by atoms with Crippen molar-refractivity contribution in [2.24, 2.45) is 28.6 Å². The van der Waals surface area contributed by atoms with Crippen molar-refractivity contribution >= 4 is 6.09 Å². The first-order valence-electron chi connectivity index (χ1n) is 13.0. The zero-order chi connectivity index (χ0) is 23.4. The summed E-state index contributed by atoms with van der Waals surface area (Å²) >= 11 is 0. The third kappa shape index (κ3) is 3.46. The molecule has 4 aliphatic rings. The zero-order valence-corrected chi connectivity index (χ0v) is 20.3. The molecule has 0 radical (unpaired) electrons. The summed E-state index contributed by atoms with van der Waals surface area (Å²) in [5.41, 5.74) is 0.0430. The summed E-state index contributed by atoms with van der Waals surface area (Å²) in [5, 5.41) is 15.1. The highest BCUT2D eigenvalue weighted by molar-refractivity contribution is 5.67. The standard InChI is InChI=1S/C27H39NO5/c1-4-28-24(30)33-19-9-12-25(2)18(15-19)6-7-22-21(25)10-13-26(3)20(11-14-27(22,26)31)17-5-8-23(29)32-16-17/h5,8,16,18-22,31H,4,6-7,9-15H2,1-3H3,(H,28,30)/t18-,19+,20-,21+,22-,25+,26-,27+/m1/s1. The van der Waals surface area contributed by atoms with E-state index in [0.717, 1.165) is 63.4 Å². The molecule has 182 valence electrons. The SMILES string of the molecule is CCNC(=O)O[C@H]1CC[C@@]2(C)[C@H](CC[C@@H]3[C@@H]2CC[C@]2(C)[C@@H](c4ccc(=O)oc4)CC[C@]32O)C1. The van der Waals surface area contributed by atoms with Crippen molar-refractivity contribution in [2.45, 2.75) is 96.2 Å². The van der Waals surface area contributed by atoms with Gasteiger partial charge in [-0.2, -0.15) is 0 Å². The van der Waals surface area contributed by atoms with Gasteiger partial charge in [-0.3, -0.25) is 0 Å². The Morgan fingerprint density at radius 1 is 1.12 bits per heavy atom. The molecule has 2 N–H and O–H groups in total. The van der Waals surface area contributed by atoms with Crippen molar-refractivity contribution in [2.75, 3.05) is 6.54 Å². The lowest BCUT2D eigenvalue weighted by Gasteiger charge is -2.63. The van der Waals surface area contributed by atoms with Gasteiger partial charge in [-0.15, -0.1) is 0 Å². The molecule has 0 saturated heterocycles. The lowest BCUT2D eigenvalue weighted by molar-refractivity contribution is -0.205. The van der Waals surface area contributed by atoms with Crippen LogP contribution in [0.3, 0.4) is 0 Å². The lowest BCUT2D eigenvalue weighted by atomic mass is 9.43. The maximum Gasteiger partial charge on any atom is 0.407 e. The summed E-state index contributed by atoms with van der Waals surface area (Å²) in [6.45, 7) is 7.21. The summed E-state index contributed by atoms with van der Waals surface area (Å²) in [6, 6.07) is 3.41. The molecule has 33 heavy (non-hydrogen) atoms. The number of carbonyl (C=O) groups is 1. The molecule has 8 atom stereocenters. The van der Waals surface area contributed by atoms with E-state index in [1.165, 1.54) is 6.07 Å². The van der Waals surface area contributed by atoms with Crippen molar-refractivity contribution in [3.8, 4) is 0 Å². The first-order chi connectivity index (χ1) is 15.7. The fraction of sp³-hybridized carbons (Fsp3) is 0.778. The van der Waals surface area contributed by atoms with Gasteiger partial charge in [-0.1, -0.05) is 13.8 Å². The van der Waals surface area contributed by atoms with Crippen LogP contribution < -0.4 is 10.9 Å². The zero-order valence-electron chi connectivity index (χ0n) is 20.3. The van der Waals surface area contributed by atoms with Crippen molar-refractivity contribution < 1.29 is 19.1 Å². The van der Waals surface area contributed by atoms with E-state index in [-0.39, 0.29) is 34.6 Å². The van der Waals surface area contributed by atoms with Gasteiger partial charge in [0.1, 0.15) is 6.10 Å². The number of nitrogens with one attached hydrogen (secondary N) is 1. The summed E-state index contributed by atoms with van der Waals surface area (Å²) in [6.07, 6.45) is 10.3. The summed E-state index contributed by atoms with van der Waals surface area (Å²) in [4.78, 5) is 23.4. The van der Waals surface area contributed by atoms with Gasteiger partial charge in [0.05, 0.1) is 11.9 Å². The number of hydrogen-bond donors (Lipinski definition) is 2. The largest absolute Gasteiger partial charge is 0.446 e. The van der Waals surface area contributed by atoms with Crippen molar-refractivity contribution in [3.63, 3.8) is 0 Å². The highest BCUT2D eigenvalue weighted by Gasteiger charge is 2.67. The molecule has 1 heterocycles. The highest BCUT2D eigenvalue weighted by Crippen LogP contribution is 2.70. The average molecular weight is 458 g/mol. The molecule has 0 aromatic carbocycles. The molecule has 1 aromatic rings. The van der Waals surface area contributed by atoms with Crippen molar-refractivity contribution in [1.82, 2.24) is 5.32 Å². The normalized spacial score (nSPS) is 44.3. The third-order valence-corrected chi connectivity index (χ3v) is 10.5. The molecule has 5 rings (SSSR count). The second-order valence-corrected chi connectivity index (χ2v) is 11.7. The van der Waals surface area contributed by atoms with Gasteiger partial charge >= 0.3 is 11.7 Å². The van der Waals surface area contributed by atoms with Crippen LogP contribution in [0.1, 0.15) is 90.0 Å². The maximum atomic E-state index is 12.3. The van der Waals surface area contributed by atoms with Crippen LogP contribution in [0.15, 0.2) is 27.6 Å². The molecule has 6 heteroatoms. The van der Waals surface area contributed by atoms with Crippen LogP contribution >= 0.6 is 0 Å². The van der Waals surface area contributed by atoms with Gasteiger partial charge in [0.25, 0.3) is 0 Å². The Kier molecular flexibility index (Phi) is 5.66. The van der Waals surface area contributed by atoms with E-state index < -0.39 is 5.60 Å². The van der Waals surface area contributed by atoms with E-state index in [0.29, 0.717) is 24.3 Å². The fourth-order valence-electron chi connectivity index (χ4n) is 8.73. The third-order valence-electron chi connectivity index (χ3n) is 10.5. The average Bonchev–Trinajstić information content (AvgIpc) is 3.06. The Morgan fingerprint density at radius 2 is 1.94 bits per heavy atom. The Bertz CT molecular complexity index is 940. The molecular weight excluding hydrogens is 418 g/mol. The first kappa shape index (κ1) is 22.9. The minimum Gasteiger partial charge on any atom is -0.446 e. The first-order valence-corrected chi connectivity index (χ1v) is 13.0. The van der Waals surface area contributed by atoms with Crippen LogP contribution in [0.2, 0.25) is 0 Å². The molecule has 1 amide bonds. The molecule has 4 fully saturated rings. The number of fused-ring (bicyclic) bond motifs is 5. The molecule has 4 aliphatic carbocycles. The van der Waals surface area contributed by atoms with Crippen LogP contribution in [0.25, 0.3) is 0 Å². The summed E-state index contributed by atoms with van der Waals surface area (Å²) < 4.78 is 10.9. The van der Waals surface area contributed by atoms with E-state index in [4.69, 9.17) is 9.15 Å². The molecule has 0 bridgehead atoms. The van der Waals surface area contributed by atoms with Gasteiger partial charge in [-0.05, 0) is 105 Å². The molecular formula is C27H39NO5. The monoisotopic (exact) mass is 457 g/mol. The smallest absolute Gasteiger partial charge is 0.407 e. The second-order valence-electron chi connectivity index (χ2n) is 11.7. The Balaban J connectivity index is 1.36. The molecule has 0 aliphatic heterocycles. The van der Waals surface area contributed by atoms with E-state index >= 15 is 0 Å². The van der Waals surface area contributed by atoms with Crippen molar-refractivity contribution in [1.29, 1.82) is 0 Å². The van der Waals surface area contributed by atoms with Crippen LogP contribution in [0, 0.1) is 28.6 Å². The maximum absolute atomic E-state index is 12.3. The van der Waals surface area contributed by atoms with Crippen LogP contribution in [0.4, 0.5) is 4.79 Å². The topological polar surface area (TPSA) is 88.8 Å². The molecule has 0 spiro atoms. The van der Waals surface area contributed by atoms with Gasteiger partial charge < -0.3 is 19.6 Å². The Morgan fingerprint density at radius 3 is 2.67 bits per heavy atom. The van der Waals surface area contributed by atoms with Gasteiger partial charge in [-0.25, -0.2) is 9.59 Å². The quantitative estimate of drug-likeness (QED) is 0.667. The van der Waals surface area contributed by atoms with E-state index in [1.54, 1.807) is 6.26 Å². The summed E-state index contributed by atoms with van der Waals surface area (Å²) in [5.74, 6) is 1.58. The van der Waals surface area contributed by atoms with Crippen LogP contribution in [-0.2, 0) is 4.74 Å². The van der Waals surface area contributed by atoms with Gasteiger partial charge in [0, 0.05) is 18.0 Å². The Hall–Kier alpha value is -1.82. The van der Waals surface area contributed by atoms with Crippen LogP contribution in [0.5, 0.6) is 0 Å². The predicted molar refractivity (Wildman–Crippen MR) is 125 cm³/mol. The van der Waals surface area contributed by atoms with Crippen LogP contribution in [-0.4, -0.2) is 29.4 Å². The van der Waals surface area contributed by atoms with E-state index in [1.807, 2.05) is 13.0 Å². The van der Waals surface area contributed by atoms with E-state index in [2.05, 4.69) is 19.2 Å². The molecule has 1 aromatic heterocycles. The molecule has 6 nitrogen and oxygen atoms in total. The number of carbonyl (C=O) groups excluding carboxylic acids is 1.